The summed E-state index contributed by atoms with van der Waals surface area (Å²) in [6, 6.07) is 4.25. The van der Waals surface area contributed by atoms with E-state index in [-0.39, 0.29) is 11.8 Å². The summed E-state index contributed by atoms with van der Waals surface area (Å²) >= 11 is 0. The van der Waals surface area contributed by atoms with Gasteiger partial charge in [-0.05, 0) is 49.9 Å². The molecule has 0 spiro atoms. The number of hydrogen-bond donors (Lipinski definition) is 3. The van der Waals surface area contributed by atoms with Gasteiger partial charge in [-0.3, -0.25) is 14.1 Å². The zero-order chi connectivity index (χ0) is 25.9. The summed E-state index contributed by atoms with van der Waals surface area (Å²) in [7, 11) is -3.67. The first-order valence-corrected chi connectivity index (χ1v) is 13.3. The zero-order valence-electron chi connectivity index (χ0n) is 20.3. The number of carbonyl (C=O) groups excluding carboxylic acids is 2. The maximum absolute atomic E-state index is 13.7. The highest BCUT2D eigenvalue weighted by Gasteiger charge is 2.30. The molecule has 190 valence electrons. The molecule has 0 unspecified atom stereocenters. The SMILES string of the molecule is CCN(CC)CCN1CCc2[nH]c(C=C3C(=O)Nc4ccc(F)cc43)c(C)c2C1=O.CS(=O)(=O)O. The Hall–Kier alpha value is -3.02. The molecular formula is C24H31FN4O5S. The highest BCUT2D eigenvalue weighted by molar-refractivity contribution is 7.85. The van der Waals surface area contributed by atoms with Crippen molar-refractivity contribution in [3.63, 3.8) is 0 Å². The number of rotatable bonds is 6. The molecule has 35 heavy (non-hydrogen) atoms. The molecule has 0 saturated heterocycles. The number of likely N-dealkylation sites (N-methyl/N-ethyl adjacent to an activating group) is 1. The first kappa shape index (κ1) is 26.6. The number of H-pyrrole nitrogens is 1. The van der Waals surface area contributed by atoms with Crippen molar-refractivity contribution in [3.8, 4) is 0 Å². The Labute approximate surface area is 204 Å². The van der Waals surface area contributed by atoms with E-state index in [4.69, 9.17) is 4.55 Å². The Kier molecular flexibility index (Phi) is 8.14. The summed E-state index contributed by atoms with van der Waals surface area (Å²) in [5.41, 5.74) is 4.69. The van der Waals surface area contributed by atoms with Crippen LogP contribution in [0.4, 0.5) is 10.1 Å². The minimum Gasteiger partial charge on any atom is -0.358 e. The molecule has 0 fully saturated rings. The fourth-order valence-corrected chi connectivity index (χ4v) is 4.27. The van der Waals surface area contributed by atoms with Crippen LogP contribution in [0.3, 0.4) is 0 Å². The Bertz CT molecular complexity index is 1260. The quantitative estimate of drug-likeness (QED) is 0.409. The minimum atomic E-state index is -3.67. The maximum atomic E-state index is 13.7. The van der Waals surface area contributed by atoms with Crippen molar-refractivity contribution in [1.29, 1.82) is 0 Å². The van der Waals surface area contributed by atoms with Crippen LogP contribution in [0.25, 0.3) is 11.6 Å². The van der Waals surface area contributed by atoms with Crippen molar-refractivity contribution < 1.29 is 27.0 Å². The number of hydrogen-bond acceptors (Lipinski definition) is 5. The molecule has 0 saturated carbocycles. The highest BCUT2D eigenvalue weighted by Crippen LogP contribution is 2.35. The van der Waals surface area contributed by atoms with Crippen LogP contribution in [0.15, 0.2) is 18.2 Å². The first-order valence-electron chi connectivity index (χ1n) is 11.4. The van der Waals surface area contributed by atoms with Crippen LogP contribution in [0, 0.1) is 12.7 Å². The minimum absolute atomic E-state index is 0.0316. The molecule has 2 aromatic rings. The summed E-state index contributed by atoms with van der Waals surface area (Å²) in [5.74, 6) is -0.628. The van der Waals surface area contributed by atoms with E-state index in [0.717, 1.165) is 43.0 Å². The lowest BCUT2D eigenvalue weighted by Crippen LogP contribution is -2.42. The van der Waals surface area contributed by atoms with Crippen molar-refractivity contribution in [1.82, 2.24) is 14.8 Å². The Balaban J connectivity index is 0.000000623. The monoisotopic (exact) mass is 506 g/mol. The zero-order valence-corrected chi connectivity index (χ0v) is 21.1. The number of anilines is 1. The molecule has 1 aromatic carbocycles. The van der Waals surface area contributed by atoms with Crippen molar-refractivity contribution in [2.45, 2.75) is 27.2 Å². The van der Waals surface area contributed by atoms with E-state index in [1.165, 1.54) is 12.1 Å². The number of amides is 2. The van der Waals surface area contributed by atoms with Gasteiger partial charge in [0.1, 0.15) is 5.82 Å². The third kappa shape index (κ3) is 6.36. The molecule has 2 aliphatic rings. The number of halogens is 1. The molecule has 2 aliphatic heterocycles. The molecule has 3 N–H and O–H groups in total. The number of benzene rings is 1. The van der Waals surface area contributed by atoms with Gasteiger partial charge in [0.2, 0.25) is 0 Å². The fourth-order valence-electron chi connectivity index (χ4n) is 4.27. The van der Waals surface area contributed by atoms with Gasteiger partial charge in [-0.25, -0.2) is 4.39 Å². The molecule has 11 heteroatoms. The van der Waals surface area contributed by atoms with Crippen LogP contribution in [0.5, 0.6) is 0 Å². The Morgan fingerprint density at radius 2 is 1.89 bits per heavy atom. The second-order valence-electron chi connectivity index (χ2n) is 8.52. The van der Waals surface area contributed by atoms with Crippen LogP contribution in [-0.4, -0.2) is 78.5 Å². The predicted octanol–water partition coefficient (Wildman–Crippen LogP) is 2.80. The van der Waals surface area contributed by atoms with Gasteiger partial charge in [0, 0.05) is 48.7 Å². The van der Waals surface area contributed by atoms with Gasteiger partial charge in [-0.2, -0.15) is 8.42 Å². The first-order chi connectivity index (χ1) is 16.4. The van der Waals surface area contributed by atoms with Crippen LogP contribution in [0.1, 0.15) is 46.7 Å². The third-order valence-electron chi connectivity index (χ3n) is 6.13. The number of nitrogens with zero attached hydrogens (tertiary/aromatic N) is 2. The number of carbonyl (C=O) groups is 2. The standard InChI is InChI=1S/C23H27FN4O2.CH4O3S/c1-4-27(5-2)10-11-28-9-8-19-21(23(28)30)14(3)20(25-19)13-17-16-12-15(24)6-7-18(16)26-22(17)29;1-5(2,3)4/h6-7,12-13,25H,4-5,8-11H2,1-3H3,(H,26,29);1H3,(H,2,3,4). The Morgan fingerprint density at radius 3 is 2.51 bits per heavy atom. The lowest BCUT2D eigenvalue weighted by molar-refractivity contribution is -0.110. The average molecular weight is 507 g/mol. The molecule has 0 atom stereocenters. The summed E-state index contributed by atoms with van der Waals surface area (Å²) in [5, 5.41) is 2.76. The van der Waals surface area contributed by atoms with E-state index < -0.39 is 15.9 Å². The van der Waals surface area contributed by atoms with Crippen LogP contribution in [-0.2, 0) is 21.3 Å². The number of fused-ring (bicyclic) bond motifs is 2. The summed E-state index contributed by atoms with van der Waals surface area (Å²) in [4.78, 5) is 33.1. The maximum Gasteiger partial charge on any atom is 0.261 e. The van der Waals surface area contributed by atoms with Gasteiger partial charge in [-0.1, -0.05) is 13.8 Å². The third-order valence-corrected chi connectivity index (χ3v) is 6.13. The predicted molar refractivity (Wildman–Crippen MR) is 133 cm³/mol. The topological polar surface area (TPSA) is 123 Å². The molecule has 0 aliphatic carbocycles. The average Bonchev–Trinajstić information content (AvgIpc) is 3.26. The molecule has 0 radical (unpaired) electrons. The van der Waals surface area contributed by atoms with Gasteiger partial charge in [0.15, 0.2) is 0 Å². The van der Waals surface area contributed by atoms with Crippen molar-refractivity contribution >= 4 is 39.3 Å². The fraction of sp³-hybridized carbons (Fsp3) is 0.417. The number of aromatic amines is 1. The van der Waals surface area contributed by atoms with Crippen LogP contribution >= 0.6 is 0 Å². The second kappa shape index (κ2) is 10.7. The molecule has 2 amide bonds. The number of nitrogens with one attached hydrogen (secondary N) is 2. The molecular weight excluding hydrogens is 475 g/mol. The molecule has 1 aromatic heterocycles. The van der Waals surface area contributed by atoms with E-state index in [2.05, 4.69) is 29.0 Å². The van der Waals surface area contributed by atoms with Gasteiger partial charge < -0.3 is 20.1 Å². The lowest BCUT2D eigenvalue weighted by atomic mass is 10.0. The van der Waals surface area contributed by atoms with Gasteiger partial charge >= 0.3 is 0 Å². The van der Waals surface area contributed by atoms with Crippen molar-refractivity contribution in [2.75, 3.05) is 44.3 Å². The van der Waals surface area contributed by atoms with Crippen molar-refractivity contribution in [2.24, 2.45) is 0 Å². The smallest absolute Gasteiger partial charge is 0.261 e. The summed E-state index contributed by atoms with van der Waals surface area (Å²) in [6.07, 6.45) is 3.19. The molecule has 3 heterocycles. The second-order valence-corrected chi connectivity index (χ2v) is 9.99. The molecule has 9 nitrogen and oxygen atoms in total. The lowest BCUT2D eigenvalue weighted by Gasteiger charge is -2.29. The van der Waals surface area contributed by atoms with E-state index >= 15 is 0 Å². The highest BCUT2D eigenvalue weighted by atomic mass is 32.2. The van der Waals surface area contributed by atoms with E-state index in [9.17, 15) is 22.4 Å². The largest absolute Gasteiger partial charge is 0.358 e. The van der Waals surface area contributed by atoms with Gasteiger partial charge in [0.05, 0.1) is 17.4 Å². The summed E-state index contributed by atoms with van der Waals surface area (Å²) < 4.78 is 39.6. The van der Waals surface area contributed by atoms with E-state index in [0.29, 0.717) is 41.7 Å². The normalized spacial score (nSPS) is 16.2. The molecule has 4 rings (SSSR count). The Morgan fingerprint density at radius 1 is 1.23 bits per heavy atom. The van der Waals surface area contributed by atoms with E-state index in [1.807, 2.05) is 11.8 Å². The van der Waals surface area contributed by atoms with Crippen LogP contribution < -0.4 is 5.32 Å². The van der Waals surface area contributed by atoms with Gasteiger partial charge in [-0.15, -0.1) is 0 Å². The van der Waals surface area contributed by atoms with Gasteiger partial charge in [0.25, 0.3) is 21.9 Å². The van der Waals surface area contributed by atoms with Crippen LogP contribution in [0.2, 0.25) is 0 Å². The number of aromatic nitrogens is 1. The molecule has 0 bridgehead atoms. The van der Waals surface area contributed by atoms with Crippen molar-refractivity contribution in [3.05, 3.63) is 52.1 Å². The van der Waals surface area contributed by atoms with E-state index in [1.54, 1.807) is 12.1 Å². The summed E-state index contributed by atoms with van der Waals surface area (Å²) in [6.45, 7) is 10.3.